The van der Waals surface area contributed by atoms with Crippen LogP contribution >= 0.6 is 0 Å². The van der Waals surface area contributed by atoms with Gasteiger partial charge in [-0.2, -0.15) is 13.2 Å². The molecule has 1 saturated heterocycles. The summed E-state index contributed by atoms with van der Waals surface area (Å²) in [5.74, 6) is -0.507. The van der Waals surface area contributed by atoms with Gasteiger partial charge in [0.25, 0.3) is 0 Å². The molecule has 0 radical (unpaired) electrons. The van der Waals surface area contributed by atoms with E-state index < -0.39 is 35.4 Å². The van der Waals surface area contributed by atoms with Gasteiger partial charge in [0.15, 0.2) is 11.4 Å². The maximum absolute atomic E-state index is 14.5. The topological polar surface area (TPSA) is 74.5 Å². The fourth-order valence-corrected chi connectivity index (χ4v) is 3.29. The normalized spacial score (nSPS) is 21.7. The maximum Gasteiger partial charge on any atom is 0.421 e. The van der Waals surface area contributed by atoms with Crippen LogP contribution in [-0.4, -0.2) is 51.0 Å². The highest BCUT2D eigenvalue weighted by Crippen LogP contribution is 2.38. The minimum Gasteiger partial charge on any atom is -0.376 e. The zero-order valence-corrected chi connectivity index (χ0v) is 15.7. The van der Waals surface area contributed by atoms with Crippen LogP contribution in [0.2, 0.25) is 0 Å². The molecule has 3 aromatic rings. The summed E-state index contributed by atoms with van der Waals surface area (Å²) in [7, 11) is 0. The molecular formula is C19H18F5N5O. The van der Waals surface area contributed by atoms with E-state index in [1.807, 2.05) is 0 Å². The second-order valence-electron chi connectivity index (χ2n) is 7.31. The van der Waals surface area contributed by atoms with Crippen molar-refractivity contribution >= 4 is 11.5 Å². The number of imidazole rings is 1. The van der Waals surface area contributed by atoms with Crippen molar-refractivity contribution in [1.29, 1.82) is 0 Å². The Kier molecular flexibility index (Phi) is 4.89. The first-order valence-corrected chi connectivity index (χ1v) is 9.13. The molecule has 1 unspecified atom stereocenters. The summed E-state index contributed by atoms with van der Waals surface area (Å²) in [6.07, 6.45) is -3.73. The summed E-state index contributed by atoms with van der Waals surface area (Å²) < 4.78 is 69.2. The number of hydrogen-bond donors (Lipinski definition) is 3. The van der Waals surface area contributed by atoms with E-state index in [1.54, 1.807) is 0 Å². The number of nitrogens with zero attached hydrogens (tertiary/aromatic N) is 3. The summed E-state index contributed by atoms with van der Waals surface area (Å²) in [5.41, 5.74) is -3.38. The van der Waals surface area contributed by atoms with E-state index >= 15 is 0 Å². The highest BCUT2D eigenvalue weighted by molar-refractivity contribution is 5.63. The fraction of sp³-hybridized carbons (Fsp3) is 0.368. The monoisotopic (exact) mass is 427 g/mol. The quantitative estimate of drug-likeness (QED) is 0.559. The molecule has 0 bridgehead atoms. The van der Waals surface area contributed by atoms with Gasteiger partial charge in [-0.05, 0) is 25.1 Å². The Morgan fingerprint density at radius 3 is 2.63 bits per heavy atom. The van der Waals surface area contributed by atoms with Gasteiger partial charge in [-0.15, -0.1) is 0 Å². The van der Waals surface area contributed by atoms with Gasteiger partial charge < -0.3 is 15.7 Å². The largest absolute Gasteiger partial charge is 0.421 e. The molecule has 1 aliphatic rings. The molecule has 4 rings (SSSR count). The summed E-state index contributed by atoms with van der Waals surface area (Å²) in [6.45, 7) is 1.21. The molecule has 0 amide bonds. The highest BCUT2D eigenvalue weighted by Gasteiger charge is 2.51. The number of alkyl halides is 4. The van der Waals surface area contributed by atoms with Crippen LogP contribution in [-0.2, 0) is 5.60 Å². The molecule has 0 aromatic carbocycles. The molecule has 0 saturated carbocycles. The molecule has 1 aliphatic heterocycles. The third kappa shape index (κ3) is 3.47. The van der Waals surface area contributed by atoms with E-state index in [2.05, 4.69) is 20.6 Å². The first-order chi connectivity index (χ1) is 14.1. The van der Waals surface area contributed by atoms with Crippen molar-refractivity contribution in [2.45, 2.75) is 30.9 Å². The number of aliphatic hydroxyl groups is 1. The second kappa shape index (κ2) is 7.17. The average Bonchev–Trinajstić information content (AvgIpc) is 3.28. The number of nitrogens with one attached hydrogen (secondary N) is 2. The third-order valence-corrected chi connectivity index (χ3v) is 5.18. The molecule has 6 nitrogen and oxygen atoms in total. The van der Waals surface area contributed by atoms with Crippen LogP contribution in [0.25, 0.3) is 17.0 Å². The number of aromatic nitrogens is 3. The molecule has 4 heterocycles. The molecular weight excluding hydrogens is 409 g/mol. The average molecular weight is 427 g/mol. The van der Waals surface area contributed by atoms with Gasteiger partial charge in [0.1, 0.15) is 23.3 Å². The van der Waals surface area contributed by atoms with Crippen molar-refractivity contribution in [2.24, 2.45) is 0 Å². The van der Waals surface area contributed by atoms with Gasteiger partial charge in [-0.1, -0.05) is 6.07 Å². The molecule has 0 spiro atoms. The molecule has 11 heteroatoms. The number of pyridine rings is 2. The summed E-state index contributed by atoms with van der Waals surface area (Å²) >= 11 is 0. The molecule has 3 aromatic heterocycles. The van der Waals surface area contributed by atoms with Crippen LogP contribution in [0.15, 0.2) is 36.7 Å². The van der Waals surface area contributed by atoms with Crippen LogP contribution in [0.1, 0.15) is 12.5 Å². The molecule has 1 fully saturated rings. The lowest BCUT2D eigenvalue weighted by molar-refractivity contribution is -0.259. The predicted molar refractivity (Wildman–Crippen MR) is 99.2 cm³/mol. The number of hydrogen-bond acceptors (Lipinski definition) is 5. The van der Waals surface area contributed by atoms with E-state index in [0.717, 1.165) is 18.3 Å². The second-order valence-corrected chi connectivity index (χ2v) is 7.31. The lowest BCUT2D eigenvalue weighted by Crippen LogP contribution is -2.39. The minimum absolute atomic E-state index is 0.0901. The zero-order valence-electron chi connectivity index (χ0n) is 15.7. The van der Waals surface area contributed by atoms with Crippen molar-refractivity contribution < 1.29 is 27.1 Å². The van der Waals surface area contributed by atoms with Gasteiger partial charge in [0.05, 0.1) is 17.9 Å². The van der Waals surface area contributed by atoms with E-state index in [9.17, 15) is 27.1 Å². The number of halogens is 5. The van der Waals surface area contributed by atoms with E-state index in [1.165, 1.54) is 22.7 Å². The van der Waals surface area contributed by atoms with Crippen molar-refractivity contribution in [3.8, 4) is 11.4 Å². The SMILES string of the molecule is CC(O)(c1ccc2ncc(-c3nc(N[C@H]4CNC[C@@H]4F)ccc3F)n2c1)C(F)(F)F. The van der Waals surface area contributed by atoms with Crippen molar-refractivity contribution in [2.75, 3.05) is 18.4 Å². The van der Waals surface area contributed by atoms with Gasteiger partial charge in [0.2, 0.25) is 0 Å². The Bertz CT molecular complexity index is 1080. The van der Waals surface area contributed by atoms with Gasteiger partial charge in [-0.25, -0.2) is 18.7 Å². The molecule has 3 N–H and O–H groups in total. The zero-order chi connectivity index (χ0) is 21.7. The number of anilines is 1. The lowest BCUT2D eigenvalue weighted by Gasteiger charge is -2.26. The Morgan fingerprint density at radius 2 is 1.97 bits per heavy atom. The summed E-state index contributed by atoms with van der Waals surface area (Å²) in [5, 5.41) is 15.7. The van der Waals surface area contributed by atoms with Gasteiger partial charge in [-0.3, -0.25) is 4.40 Å². The van der Waals surface area contributed by atoms with Crippen LogP contribution in [0, 0.1) is 5.82 Å². The highest BCUT2D eigenvalue weighted by atomic mass is 19.4. The summed E-state index contributed by atoms with van der Waals surface area (Å²) in [4.78, 5) is 8.25. The Balaban J connectivity index is 1.76. The minimum atomic E-state index is -4.91. The van der Waals surface area contributed by atoms with Gasteiger partial charge in [0, 0.05) is 24.8 Å². The smallest absolute Gasteiger partial charge is 0.376 e. The van der Waals surface area contributed by atoms with Gasteiger partial charge >= 0.3 is 6.18 Å². The standard InChI is InChI=1S/C19H18F5N5O/c1-18(30,19(22,23)24)10-2-5-16-26-8-14(29(16)9-10)17-11(20)3-4-15(28-17)27-13-7-25-6-12(13)21/h2-5,8-9,12-13,25,30H,6-7H2,1H3,(H,27,28)/t12-,13-,18?/m0/s1. The number of fused-ring (bicyclic) bond motifs is 1. The predicted octanol–water partition coefficient (Wildman–Crippen LogP) is 3.03. The van der Waals surface area contributed by atoms with Crippen molar-refractivity contribution in [3.05, 3.63) is 48.0 Å². The first-order valence-electron chi connectivity index (χ1n) is 9.13. The molecule has 30 heavy (non-hydrogen) atoms. The van der Waals surface area contributed by atoms with Crippen LogP contribution in [0.4, 0.5) is 27.8 Å². The lowest BCUT2D eigenvalue weighted by atomic mass is 9.97. The Morgan fingerprint density at radius 1 is 1.20 bits per heavy atom. The Hall–Kier alpha value is -2.79. The summed E-state index contributed by atoms with van der Waals surface area (Å²) in [6, 6.07) is 4.35. The fourth-order valence-electron chi connectivity index (χ4n) is 3.29. The maximum atomic E-state index is 14.5. The van der Waals surface area contributed by atoms with Crippen LogP contribution in [0.3, 0.4) is 0 Å². The Labute approximate surface area is 167 Å². The van der Waals surface area contributed by atoms with E-state index in [4.69, 9.17) is 0 Å². The number of rotatable bonds is 4. The van der Waals surface area contributed by atoms with Crippen LogP contribution < -0.4 is 10.6 Å². The van der Waals surface area contributed by atoms with Crippen LogP contribution in [0.5, 0.6) is 0 Å². The van der Waals surface area contributed by atoms with Crippen molar-refractivity contribution in [3.63, 3.8) is 0 Å². The third-order valence-electron chi connectivity index (χ3n) is 5.18. The van der Waals surface area contributed by atoms with E-state index in [0.29, 0.717) is 13.5 Å². The first kappa shape index (κ1) is 20.5. The molecule has 160 valence electrons. The van der Waals surface area contributed by atoms with E-state index in [-0.39, 0.29) is 29.4 Å². The molecule has 0 aliphatic carbocycles. The molecule has 3 atom stereocenters. The van der Waals surface area contributed by atoms with Crippen molar-refractivity contribution in [1.82, 2.24) is 19.7 Å².